The molecule has 30 heavy (non-hydrogen) atoms. The number of piperazine rings is 1. The first-order chi connectivity index (χ1) is 14.7. The van der Waals surface area contributed by atoms with Crippen molar-refractivity contribution in [2.45, 2.75) is 13.0 Å². The number of para-hydroxylation sites is 1. The average Bonchev–Trinajstić information content (AvgIpc) is 3.19. The molecule has 3 aromatic rings. The lowest BCUT2D eigenvalue weighted by Crippen LogP contribution is -2.47. The number of carbonyl (C=O) groups is 1. The second-order valence-corrected chi connectivity index (χ2v) is 7.39. The molecule has 0 aliphatic carbocycles. The highest BCUT2D eigenvalue weighted by molar-refractivity contribution is 5.80. The van der Waals surface area contributed by atoms with Crippen molar-refractivity contribution in [1.29, 1.82) is 0 Å². The van der Waals surface area contributed by atoms with Gasteiger partial charge in [0.25, 0.3) is 0 Å². The fourth-order valence-electron chi connectivity index (χ4n) is 3.68. The van der Waals surface area contributed by atoms with E-state index >= 15 is 0 Å². The second kappa shape index (κ2) is 9.58. The number of hydrogen-bond donors (Lipinski definition) is 2. The van der Waals surface area contributed by atoms with Crippen LogP contribution in [0.3, 0.4) is 0 Å². The maximum Gasteiger partial charge on any atom is 0.315 e. The molecule has 158 valence electrons. The summed E-state index contributed by atoms with van der Waals surface area (Å²) in [6.07, 6.45) is 0.886. The van der Waals surface area contributed by atoms with E-state index in [0.717, 1.165) is 55.9 Å². The highest BCUT2D eigenvalue weighted by Gasteiger charge is 2.17. The Labute approximate surface area is 174 Å². The van der Waals surface area contributed by atoms with Crippen molar-refractivity contribution in [3.05, 3.63) is 60.0 Å². The highest BCUT2D eigenvalue weighted by atomic mass is 19.1. The fraction of sp³-hybridized carbons (Fsp3) is 0.364. The van der Waals surface area contributed by atoms with Crippen LogP contribution in [0.5, 0.6) is 0 Å². The molecule has 1 aromatic heterocycles. The quantitative estimate of drug-likeness (QED) is 0.585. The smallest absolute Gasteiger partial charge is 0.315 e. The van der Waals surface area contributed by atoms with E-state index in [1.165, 1.54) is 12.1 Å². The zero-order chi connectivity index (χ0) is 20.8. The summed E-state index contributed by atoms with van der Waals surface area (Å²) in [5.74, 6) is -0.205. The van der Waals surface area contributed by atoms with Gasteiger partial charge in [-0.1, -0.05) is 17.3 Å². The van der Waals surface area contributed by atoms with Crippen molar-refractivity contribution in [2.24, 2.45) is 0 Å². The lowest BCUT2D eigenvalue weighted by Gasteiger charge is -2.36. The first-order valence-corrected chi connectivity index (χ1v) is 10.3. The molecule has 0 bridgehead atoms. The third-order valence-corrected chi connectivity index (χ3v) is 5.37. The molecule has 2 amide bonds. The van der Waals surface area contributed by atoms with Crippen molar-refractivity contribution in [1.82, 2.24) is 20.7 Å². The minimum atomic E-state index is -0.205. The summed E-state index contributed by atoms with van der Waals surface area (Å²) in [5.41, 5.74) is 2.50. The van der Waals surface area contributed by atoms with Gasteiger partial charge in [0.2, 0.25) is 0 Å². The number of benzene rings is 2. The Morgan fingerprint density at radius 2 is 1.80 bits per heavy atom. The van der Waals surface area contributed by atoms with Gasteiger partial charge in [-0.05, 0) is 49.4 Å². The van der Waals surface area contributed by atoms with Gasteiger partial charge in [-0.2, -0.15) is 0 Å². The number of rotatable bonds is 7. The number of carbonyl (C=O) groups excluding carboxylic acids is 1. The van der Waals surface area contributed by atoms with Crippen LogP contribution in [0.4, 0.5) is 14.9 Å². The van der Waals surface area contributed by atoms with Crippen LogP contribution in [0.2, 0.25) is 0 Å². The molecule has 8 heteroatoms. The minimum absolute atomic E-state index is 0.205. The summed E-state index contributed by atoms with van der Waals surface area (Å²) in [6.45, 7) is 5.64. The van der Waals surface area contributed by atoms with E-state index in [9.17, 15) is 9.18 Å². The molecule has 1 aliphatic rings. The lowest BCUT2D eigenvalue weighted by molar-refractivity contribution is 0.235. The van der Waals surface area contributed by atoms with Crippen molar-refractivity contribution in [3.63, 3.8) is 0 Å². The Balaban J connectivity index is 1.11. The van der Waals surface area contributed by atoms with Gasteiger partial charge in [-0.25, -0.2) is 9.18 Å². The molecule has 7 nitrogen and oxygen atoms in total. The number of hydrogen-bond acceptors (Lipinski definition) is 5. The average molecular weight is 411 g/mol. The SMILES string of the molecule is O=C(NCCCN1CCN(c2ccc(F)cc2)CC1)NCc1noc2ccccc12. The molecule has 0 saturated carbocycles. The predicted octanol–water partition coefficient (Wildman–Crippen LogP) is 2.98. The lowest BCUT2D eigenvalue weighted by atomic mass is 10.2. The Morgan fingerprint density at radius 1 is 1.03 bits per heavy atom. The first kappa shape index (κ1) is 20.2. The summed E-state index contributed by atoms with van der Waals surface area (Å²) in [5, 5.41) is 10.6. The summed E-state index contributed by atoms with van der Waals surface area (Å²) in [4.78, 5) is 16.7. The predicted molar refractivity (Wildman–Crippen MR) is 114 cm³/mol. The number of fused-ring (bicyclic) bond motifs is 1. The summed E-state index contributed by atoms with van der Waals surface area (Å²) in [6, 6.07) is 14.0. The molecule has 0 unspecified atom stereocenters. The summed E-state index contributed by atoms with van der Waals surface area (Å²) < 4.78 is 18.3. The molecule has 1 aliphatic heterocycles. The van der Waals surface area contributed by atoms with Crippen LogP contribution in [-0.2, 0) is 6.54 Å². The highest BCUT2D eigenvalue weighted by Crippen LogP contribution is 2.18. The zero-order valence-electron chi connectivity index (χ0n) is 16.8. The molecule has 1 saturated heterocycles. The van der Waals surface area contributed by atoms with Gasteiger partial charge >= 0.3 is 6.03 Å². The fourth-order valence-corrected chi connectivity index (χ4v) is 3.68. The van der Waals surface area contributed by atoms with E-state index in [1.54, 1.807) is 0 Å². The third kappa shape index (κ3) is 5.07. The molecule has 1 fully saturated rings. The van der Waals surface area contributed by atoms with Crippen LogP contribution in [0.15, 0.2) is 53.1 Å². The molecule has 4 rings (SSSR count). The zero-order valence-corrected chi connectivity index (χ0v) is 16.8. The van der Waals surface area contributed by atoms with E-state index in [1.807, 2.05) is 36.4 Å². The molecule has 2 heterocycles. The van der Waals surface area contributed by atoms with Crippen LogP contribution in [0, 0.1) is 5.82 Å². The number of nitrogens with one attached hydrogen (secondary N) is 2. The monoisotopic (exact) mass is 411 g/mol. The van der Waals surface area contributed by atoms with E-state index < -0.39 is 0 Å². The van der Waals surface area contributed by atoms with Gasteiger partial charge in [0.05, 0.1) is 6.54 Å². The molecule has 0 atom stereocenters. The van der Waals surface area contributed by atoms with Crippen LogP contribution >= 0.6 is 0 Å². The van der Waals surface area contributed by atoms with E-state index in [2.05, 4.69) is 25.6 Å². The number of nitrogens with zero attached hydrogens (tertiary/aromatic N) is 3. The second-order valence-electron chi connectivity index (χ2n) is 7.39. The summed E-state index contributed by atoms with van der Waals surface area (Å²) in [7, 11) is 0. The van der Waals surface area contributed by atoms with Crippen molar-refractivity contribution in [3.8, 4) is 0 Å². The van der Waals surface area contributed by atoms with Crippen molar-refractivity contribution < 1.29 is 13.7 Å². The van der Waals surface area contributed by atoms with Gasteiger partial charge in [0.15, 0.2) is 5.58 Å². The largest absolute Gasteiger partial charge is 0.369 e. The normalized spacial score (nSPS) is 14.8. The Hall–Kier alpha value is -3.13. The van der Waals surface area contributed by atoms with Gasteiger partial charge in [-0.3, -0.25) is 4.90 Å². The first-order valence-electron chi connectivity index (χ1n) is 10.3. The van der Waals surface area contributed by atoms with Crippen molar-refractivity contribution >= 4 is 22.7 Å². The van der Waals surface area contributed by atoms with Crippen LogP contribution in [0.1, 0.15) is 12.1 Å². The van der Waals surface area contributed by atoms with E-state index in [4.69, 9.17) is 4.52 Å². The van der Waals surface area contributed by atoms with Gasteiger partial charge in [0.1, 0.15) is 11.5 Å². The maximum atomic E-state index is 13.1. The van der Waals surface area contributed by atoms with Crippen molar-refractivity contribution in [2.75, 3.05) is 44.2 Å². The van der Waals surface area contributed by atoms with Gasteiger partial charge < -0.3 is 20.1 Å². The standard InChI is InChI=1S/C22H26FN5O2/c23-17-6-8-18(9-7-17)28-14-12-27(13-15-28)11-3-10-24-22(29)25-16-20-19-4-1-2-5-21(19)30-26-20/h1-2,4-9H,3,10-16H2,(H2,24,25,29). The van der Waals surface area contributed by atoms with E-state index in [0.29, 0.717) is 18.7 Å². The number of urea groups is 1. The van der Waals surface area contributed by atoms with E-state index in [-0.39, 0.29) is 11.8 Å². The molecule has 2 N–H and O–H groups in total. The molecule has 0 radical (unpaired) electrons. The molecular weight excluding hydrogens is 385 g/mol. The Morgan fingerprint density at radius 3 is 2.60 bits per heavy atom. The van der Waals surface area contributed by atoms with Gasteiger partial charge in [0, 0.05) is 43.8 Å². The number of anilines is 1. The number of aromatic nitrogens is 1. The van der Waals surface area contributed by atoms with Crippen LogP contribution in [-0.4, -0.2) is 55.4 Å². The van der Waals surface area contributed by atoms with Crippen LogP contribution in [0.25, 0.3) is 11.0 Å². The molecular formula is C22H26FN5O2. The Kier molecular flexibility index (Phi) is 6.44. The number of halogens is 1. The minimum Gasteiger partial charge on any atom is -0.369 e. The topological polar surface area (TPSA) is 73.6 Å². The Bertz CT molecular complexity index is 967. The maximum absolute atomic E-state index is 13.1. The third-order valence-electron chi connectivity index (χ3n) is 5.37. The van der Waals surface area contributed by atoms with Gasteiger partial charge in [-0.15, -0.1) is 0 Å². The molecule has 0 spiro atoms. The molecule has 2 aromatic carbocycles. The number of amides is 2. The summed E-state index contributed by atoms with van der Waals surface area (Å²) >= 11 is 0. The van der Waals surface area contributed by atoms with Crippen LogP contribution < -0.4 is 15.5 Å².